The maximum atomic E-state index is 12.1. The molecule has 0 unspecified atom stereocenters. The maximum absolute atomic E-state index is 12.1. The van der Waals surface area contributed by atoms with Crippen LogP contribution in [-0.2, 0) is 14.6 Å². The van der Waals surface area contributed by atoms with Gasteiger partial charge in [0.1, 0.15) is 5.75 Å². The van der Waals surface area contributed by atoms with E-state index < -0.39 is 20.5 Å². The summed E-state index contributed by atoms with van der Waals surface area (Å²) in [5.74, 6) is 0.633. The van der Waals surface area contributed by atoms with Crippen LogP contribution in [0.15, 0.2) is 24.3 Å². The van der Waals surface area contributed by atoms with Gasteiger partial charge in [0, 0.05) is 30.7 Å². The lowest BCUT2D eigenvalue weighted by Crippen LogP contribution is -2.28. The van der Waals surface area contributed by atoms with Crippen LogP contribution in [-0.4, -0.2) is 46.8 Å². The first-order chi connectivity index (χ1) is 9.90. The van der Waals surface area contributed by atoms with Crippen molar-refractivity contribution < 1.29 is 17.9 Å². The SMILES string of the molecule is CCOC[C@@]1(CN)[C@H](S(C)(=O)=O)[C@@H]1c1ccc(OC)cc1. The van der Waals surface area contributed by atoms with Gasteiger partial charge in [-0.1, -0.05) is 12.1 Å². The molecule has 6 heteroatoms. The molecule has 0 amide bonds. The Morgan fingerprint density at radius 1 is 1.29 bits per heavy atom. The van der Waals surface area contributed by atoms with Crippen molar-refractivity contribution in [1.29, 1.82) is 0 Å². The van der Waals surface area contributed by atoms with Crippen LogP contribution in [0.2, 0.25) is 0 Å². The normalized spacial score (nSPS) is 28.4. The Bertz CT molecular complexity index is 584. The van der Waals surface area contributed by atoms with Gasteiger partial charge in [0.2, 0.25) is 0 Å². The second kappa shape index (κ2) is 5.94. The molecule has 118 valence electrons. The zero-order valence-electron chi connectivity index (χ0n) is 12.7. The summed E-state index contributed by atoms with van der Waals surface area (Å²) in [6.07, 6.45) is 1.28. The molecule has 21 heavy (non-hydrogen) atoms. The van der Waals surface area contributed by atoms with Crippen LogP contribution in [0.1, 0.15) is 18.4 Å². The first kappa shape index (κ1) is 16.3. The Morgan fingerprint density at radius 2 is 1.90 bits per heavy atom. The molecule has 0 bridgehead atoms. The summed E-state index contributed by atoms with van der Waals surface area (Å²) in [5.41, 5.74) is 6.36. The van der Waals surface area contributed by atoms with Gasteiger partial charge in [-0.15, -0.1) is 0 Å². The van der Waals surface area contributed by atoms with Crippen LogP contribution in [0.4, 0.5) is 0 Å². The van der Waals surface area contributed by atoms with Gasteiger partial charge in [0.25, 0.3) is 0 Å². The van der Waals surface area contributed by atoms with E-state index in [4.69, 9.17) is 15.2 Å². The quantitative estimate of drug-likeness (QED) is 0.818. The van der Waals surface area contributed by atoms with Crippen molar-refractivity contribution in [3.05, 3.63) is 29.8 Å². The van der Waals surface area contributed by atoms with Gasteiger partial charge in [-0.3, -0.25) is 0 Å². The second-order valence-electron chi connectivity index (χ2n) is 5.58. The number of methoxy groups -OCH3 is 1. The van der Waals surface area contributed by atoms with E-state index in [9.17, 15) is 8.42 Å². The molecule has 5 nitrogen and oxygen atoms in total. The molecule has 0 radical (unpaired) electrons. The molecule has 1 aromatic carbocycles. The Balaban J connectivity index is 2.34. The summed E-state index contributed by atoms with van der Waals surface area (Å²) >= 11 is 0. The maximum Gasteiger partial charge on any atom is 0.151 e. The number of hydrogen-bond acceptors (Lipinski definition) is 5. The van der Waals surface area contributed by atoms with Crippen LogP contribution in [0.5, 0.6) is 5.75 Å². The van der Waals surface area contributed by atoms with E-state index in [0.717, 1.165) is 11.3 Å². The number of benzene rings is 1. The standard InChI is InChI=1S/C15H23NO4S/c1-4-20-10-15(9-16)13(14(15)21(3,17)18)11-5-7-12(19-2)8-6-11/h5-8,13-14H,4,9-10,16H2,1-3H3/t13-,14+,15+/m0/s1. The minimum absolute atomic E-state index is 0.116. The van der Waals surface area contributed by atoms with Gasteiger partial charge >= 0.3 is 0 Å². The van der Waals surface area contributed by atoms with Crippen molar-refractivity contribution in [1.82, 2.24) is 0 Å². The van der Waals surface area contributed by atoms with Crippen molar-refractivity contribution in [2.75, 3.05) is 33.1 Å². The first-order valence-electron chi connectivity index (χ1n) is 7.01. The molecule has 3 atom stereocenters. The Kier molecular flexibility index (Phi) is 4.60. The minimum atomic E-state index is -3.18. The van der Waals surface area contributed by atoms with Crippen molar-refractivity contribution in [3.8, 4) is 5.75 Å². The smallest absolute Gasteiger partial charge is 0.151 e. The van der Waals surface area contributed by atoms with E-state index >= 15 is 0 Å². The van der Waals surface area contributed by atoms with E-state index in [2.05, 4.69) is 0 Å². The third-order valence-electron chi connectivity index (χ3n) is 4.27. The molecule has 2 rings (SSSR count). The molecular weight excluding hydrogens is 290 g/mol. The average molecular weight is 313 g/mol. The lowest BCUT2D eigenvalue weighted by atomic mass is 10.00. The molecule has 0 heterocycles. The Labute approximate surface area is 126 Å². The fraction of sp³-hybridized carbons (Fsp3) is 0.600. The predicted octanol–water partition coefficient (Wildman–Crippen LogP) is 1.19. The number of hydrogen-bond donors (Lipinski definition) is 1. The molecule has 2 N–H and O–H groups in total. The van der Waals surface area contributed by atoms with Crippen molar-refractivity contribution >= 4 is 9.84 Å². The topological polar surface area (TPSA) is 78.6 Å². The fourth-order valence-electron chi connectivity index (χ4n) is 3.21. The van der Waals surface area contributed by atoms with Crippen LogP contribution in [0.3, 0.4) is 0 Å². The van der Waals surface area contributed by atoms with E-state index in [1.807, 2.05) is 31.2 Å². The van der Waals surface area contributed by atoms with Crippen LogP contribution >= 0.6 is 0 Å². The summed E-state index contributed by atoms with van der Waals surface area (Å²) in [6, 6.07) is 7.50. The summed E-state index contributed by atoms with van der Waals surface area (Å²) in [7, 11) is -1.58. The van der Waals surface area contributed by atoms with Gasteiger partial charge in [-0.05, 0) is 24.6 Å². The molecule has 0 saturated heterocycles. The highest BCUT2D eigenvalue weighted by molar-refractivity contribution is 7.91. The third kappa shape index (κ3) is 2.93. The van der Waals surface area contributed by atoms with Crippen LogP contribution in [0.25, 0.3) is 0 Å². The van der Waals surface area contributed by atoms with Crippen molar-refractivity contribution in [2.24, 2.45) is 11.1 Å². The van der Waals surface area contributed by atoms with E-state index in [1.54, 1.807) is 7.11 Å². The molecule has 0 spiro atoms. The minimum Gasteiger partial charge on any atom is -0.497 e. The fourth-order valence-corrected chi connectivity index (χ4v) is 5.22. The summed E-state index contributed by atoms with van der Waals surface area (Å²) in [6.45, 7) is 3.11. The largest absolute Gasteiger partial charge is 0.497 e. The number of sulfone groups is 1. The molecule has 1 aliphatic carbocycles. The zero-order valence-corrected chi connectivity index (χ0v) is 13.5. The average Bonchev–Trinajstić information content (AvgIpc) is 3.15. The summed E-state index contributed by atoms with van der Waals surface area (Å²) in [5, 5.41) is -0.477. The van der Waals surface area contributed by atoms with Gasteiger partial charge in [0.15, 0.2) is 9.84 Å². The van der Waals surface area contributed by atoms with Crippen molar-refractivity contribution in [3.63, 3.8) is 0 Å². The van der Waals surface area contributed by atoms with Gasteiger partial charge in [-0.2, -0.15) is 0 Å². The lowest BCUT2D eigenvalue weighted by molar-refractivity contribution is 0.101. The molecule has 1 saturated carbocycles. The summed E-state index contributed by atoms with van der Waals surface area (Å²) < 4.78 is 34.8. The molecule has 0 aromatic heterocycles. The lowest BCUT2D eigenvalue weighted by Gasteiger charge is -2.15. The van der Waals surface area contributed by atoms with Gasteiger partial charge in [0.05, 0.1) is 19.0 Å². The highest BCUT2D eigenvalue weighted by atomic mass is 32.2. The van der Waals surface area contributed by atoms with E-state index in [0.29, 0.717) is 19.8 Å². The second-order valence-corrected chi connectivity index (χ2v) is 7.74. The molecule has 1 aliphatic rings. The number of ether oxygens (including phenoxy) is 2. The van der Waals surface area contributed by atoms with Gasteiger partial charge in [-0.25, -0.2) is 8.42 Å². The van der Waals surface area contributed by atoms with Crippen molar-refractivity contribution in [2.45, 2.75) is 18.1 Å². The molecule has 1 fully saturated rings. The Morgan fingerprint density at radius 3 is 2.33 bits per heavy atom. The Hall–Kier alpha value is -1.11. The highest BCUT2D eigenvalue weighted by Gasteiger charge is 2.69. The number of nitrogens with two attached hydrogens (primary N) is 1. The first-order valence-corrected chi connectivity index (χ1v) is 8.96. The summed E-state index contributed by atoms with van der Waals surface area (Å²) in [4.78, 5) is 0. The third-order valence-corrected chi connectivity index (χ3v) is 5.93. The number of rotatable bonds is 7. The molecule has 1 aromatic rings. The van der Waals surface area contributed by atoms with E-state index in [1.165, 1.54) is 6.26 Å². The van der Waals surface area contributed by atoms with Crippen LogP contribution < -0.4 is 10.5 Å². The highest BCUT2D eigenvalue weighted by Crippen LogP contribution is 2.62. The van der Waals surface area contributed by atoms with E-state index in [-0.39, 0.29) is 5.92 Å². The molecule has 0 aliphatic heterocycles. The predicted molar refractivity (Wildman–Crippen MR) is 82.3 cm³/mol. The zero-order chi connectivity index (χ0) is 15.7. The van der Waals surface area contributed by atoms with Crippen LogP contribution in [0, 0.1) is 5.41 Å². The molecular formula is C15H23NO4S. The van der Waals surface area contributed by atoms with Gasteiger partial charge < -0.3 is 15.2 Å². The monoisotopic (exact) mass is 313 g/mol.